The molecule has 28 heavy (non-hydrogen) atoms. The molecule has 0 bridgehead atoms. The molecule has 1 N–H and O–H groups in total. The number of piperidine rings is 1. The van der Waals surface area contributed by atoms with E-state index in [1.807, 2.05) is 40.7 Å². The lowest BCUT2D eigenvalue weighted by molar-refractivity contribution is 0.0705. The molecule has 0 aliphatic carbocycles. The van der Waals surface area contributed by atoms with Gasteiger partial charge in [0.15, 0.2) is 5.82 Å². The maximum Gasteiger partial charge on any atom is 0.289 e. The van der Waals surface area contributed by atoms with Crippen LogP contribution in [0.15, 0.2) is 24.3 Å². The van der Waals surface area contributed by atoms with E-state index >= 15 is 0 Å². The van der Waals surface area contributed by atoms with E-state index in [4.69, 9.17) is 0 Å². The van der Waals surface area contributed by atoms with Crippen molar-refractivity contribution in [3.63, 3.8) is 0 Å². The maximum atomic E-state index is 13.0. The highest BCUT2D eigenvalue weighted by Gasteiger charge is 2.30. The molecule has 1 fully saturated rings. The molecule has 0 atom stereocenters. The van der Waals surface area contributed by atoms with Gasteiger partial charge in [-0.2, -0.15) is 0 Å². The molecular formula is C22H28N4O2. The van der Waals surface area contributed by atoms with E-state index in [1.54, 1.807) is 0 Å². The molecule has 0 unspecified atom stereocenters. The largest absolute Gasteiger partial charge is 0.347 e. The predicted molar refractivity (Wildman–Crippen MR) is 107 cm³/mol. The summed E-state index contributed by atoms with van der Waals surface area (Å²) in [6.45, 7) is 4.84. The number of rotatable bonds is 4. The summed E-state index contributed by atoms with van der Waals surface area (Å²) in [6, 6.07) is 8.02. The van der Waals surface area contributed by atoms with Gasteiger partial charge in [0.05, 0.1) is 5.69 Å². The first-order chi connectivity index (χ1) is 13.6. The van der Waals surface area contributed by atoms with E-state index in [-0.39, 0.29) is 11.8 Å². The second-order valence-corrected chi connectivity index (χ2v) is 7.80. The third-order valence-electron chi connectivity index (χ3n) is 5.87. The molecule has 0 spiro atoms. The second kappa shape index (κ2) is 8.17. The van der Waals surface area contributed by atoms with Gasteiger partial charge in [0.1, 0.15) is 5.69 Å². The zero-order valence-corrected chi connectivity index (χ0v) is 16.5. The topological polar surface area (TPSA) is 67.2 Å². The van der Waals surface area contributed by atoms with Gasteiger partial charge in [0.2, 0.25) is 0 Å². The Kier molecular flexibility index (Phi) is 5.46. The SMILES string of the molecule is Cc1ccccc1CNC(=O)c1nc(C(=O)N2CCCCC2)n2c1CCCC2. The van der Waals surface area contributed by atoms with Crippen LogP contribution in [0.3, 0.4) is 0 Å². The van der Waals surface area contributed by atoms with Crippen LogP contribution >= 0.6 is 0 Å². The Morgan fingerprint density at radius 2 is 1.79 bits per heavy atom. The molecule has 4 rings (SSSR count). The molecule has 2 amide bonds. The number of carbonyl (C=O) groups is 2. The monoisotopic (exact) mass is 380 g/mol. The number of likely N-dealkylation sites (tertiary alicyclic amines) is 1. The number of benzene rings is 1. The molecule has 6 heteroatoms. The zero-order valence-electron chi connectivity index (χ0n) is 16.5. The molecule has 0 radical (unpaired) electrons. The summed E-state index contributed by atoms with van der Waals surface area (Å²) >= 11 is 0. The van der Waals surface area contributed by atoms with Gasteiger partial charge in [0.25, 0.3) is 11.8 Å². The summed E-state index contributed by atoms with van der Waals surface area (Å²) in [5.41, 5.74) is 3.58. The zero-order chi connectivity index (χ0) is 19.5. The molecule has 1 aromatic heterocycles. The van der Waals surface area contributed by atoms with Crippen molar-refractivity contribution in [1.29, 1.82) is 0 Å². The fourth-order valence-corrected chi connectivity index (χ4v) is 4.19. The number of nitrogens with one attached hydrogen (secondary N) is 1. The smallest absolute Gasteiger partial charge is 0.289 e. The van der Waals surface area contributed by atoms with Crippen LogP contribution in [0, 0.1) is 6.92 Å². The Morgan fingerprint density at radius 3 is 2.57 bits per heavy atom. The van der Waals surface area contributed by atoms with Gasteiger partial charge < -0.3 is 14.8 Å². The molecule has 2 aliphatic rings. The summed E-state index contributed by atoms with van der Waals surface area (Å²) in [7, 11) is 0. The van der Waals surface area contributed by atoms with Crippen LogP contribution in [-0.4, -0.2) is 39.4 Å². The Hall–Kier alpha value is -2.63. The Labute approximate surface area is 165 Å². The van der Waals surface area contributed by atoms with E-state index in [9.17, 15) is 9.59 Å². The quantitative estimate of drug-likeness (QED) is 0.886. The number of hydrogen-bond acceptors (Lipinski definition) is 3. The van der Waals surface area contributed by atoms with Gasteiger partial charge in [-0.15, -0.1) is 0 Å². The van der Waals surface area contributed by atoms with Crippen LogP contribution in [0.4, 0.5) is 0 Å². The third kappa shape index (κ3) is 3.68. The summed E-state index contributed by atoms with van der Waals surface area (Å²) in [5, 5.41) is 3.00. The van der Waals surface area contributed by atoms with Crippen molar-refractivity contribution in [2.45, 2.75) is 58.5 Å². The third-order valence-corrected chi connectivity index (χ3v) is 5.87. The van der Waals surface area contributed by atoms with E-state index < -0.39 is 0 Å². The van der Waals surface area contributed by atoms with Gasteiger partial charge in [-0.05, 0) is 56.6 Å². The summed E-state index contributed by atoms with van der Waals surface area (Å²) in [6.07, 6.45) is 6.12. The lowest BCUT2D eigenvalue weighted by atomic mass is 10.1. The van der Waals surface area contributed by atoms with Gasteiger partial charge in [-0.1, -0.05) is 24.3 Å². The molecule has 2 aliphatic heterocycles. The molecule has 3 heterocycles. The Balaban J connectivity index is 1.56. The normalized spacial score (nSPS) is 16.5. The molecular weight excluding hydrogens is 352 g/mol. The number of carbonyl (C=O) groups excluding carboxylic acids is 2. The highest BCUT2D eigenvalue weighted by molar-refractivity contribution is 5.97. The molecule has 1 aromatic carbocycles. The second-order valence-electron chi connectivity index (χ2n) is 7.80. The predicted octanol–water partition coefficient (Wildman–Crippen LogP) is 3.08. The van der Waals surface area contributed by atoms with Crippen molar-refractivity contribution in [2.75, 3.05) is 13.1 Å². The first-order valence-corrected chi connectivity index (χ1v) is 10.4. The number of fused-ring (bicyclic) bond motifs is 1. The first-order valence-electron chi connectivity index (χ1n) is 10.4. The van der Waals surface area contributed by atoms with Crippen LogP contribution in [0.1, 0.15) is 70.0 Å². The first kappa shape index (κ1) is 18.7. The van der Waals surface area contributed by atoms with Crippen molar-refractivity contribution < 1.29 is 9.59 Å². The van der Waals surface area contributed by atoms with Gasteiger partial charge >= 0.3 is 0 Å². The van der Waals surface area contributed by atoms with Gasteiger partial charge in [-0.25, -0.2) is 4.98 Å². The maximum absolute atomic E-state index is 13.0. The van der Waals surface area contributed by atoms with Crippen LogP contribution < -0.4 is 5.32 Å². The lowest BCUT2D eigenvalue weighted by Crippen LogP contribution is -2.37. The lowest BCUT2D eigenvalue weighted by Gasteiger charge is -2.27. The molecule has 2 aromatic rings. The van der Waals surface area contributed by atoms with Crippen molar-refractivity contribution >= 4 is 11.8 Å². The summed E-state index contributed by atoms with van der Waals surface area (Å²) < 4.78 is 1.99. The number of amides is 2. The van der Waals surface area contributed by atoms with Crippen molar-refractivity contribution in [1.82, 2.24) is 19.8 Å². The minimum absolute atomic E-state index is 0.0270. The van der Waals surface area contributed by atoms with Crippen LogP contribution in [-0.2, 0) is 19.5 Å². The highest BCUT2D eigenvalue weighted by Crippen LogP contribution is 2.23. The van der Waals surface area contributed by atoms with E-state index in [1.165, 1.54) is 6.42 Å². The number of aromatic nitrogens is 2. The van der Waals surface area contributed by atoms with Crippen molar-refractivity contribution in [3.8, 4) is 0 Å². The van der Waals surface area contributed by atoms with Crippen LogP contribution in [0.25, 0.3) is 0 Å². The Bertz CT molecular complexity index is 881. The number of nitrogens with zero attached hydrogens (tertiary/aromatic N) is 3. The van der Waals surface area contributed by atoms with E-state index in [0.29, 0.717) is 18.1 Å². The molecule has 6 nitrogen and oxygen atoms in total. The van der Waals surface area contributed by atoms with Crippen molar-refractivity contribution in [3.05, 3.63) is 52.6 Å². The average Bonchev–Trinajstić information content (AvgIpc) is 3.13. The molecule has 0 saturated carbocycles. The molecule has 1 saturated heterocycles. The van der Waals surface area contributed by atoms with Gasteiger partial charge in [0, 0.05) is 26.2 Å². The number of aryl methyl sites for hydroxylation is 1. The van der Waals surface area contributed by atoms with Crippen LogP contribution in [0.2, 0.25) is 0 Å². The average molecular weight is 380 g/mol. The molecule has 148 valence electrons. The summed E-state index contributed by atoms with van der Waals surface area (Å²) in [4.78, 5) is 32.4. The van der Waals surface area contributed by atoms with E-state index in [0.717, 1.165) is 68.6 Å². The Morgan fingerprint density at radius 1 is 1.04 bits per heavy atom. The minimum atomic E-state index is -0.188. The summed E-state index contributed by atoms with van der Waals surface area (Å²) in [5.74, 6) is 0.227. The van der Waals surface area contributed by atoms with Crippen LogP contribution in [0.5, 0.6) is 0 Å². The fourth-order valence-electron chi connectivity index (χ4n) is 4.19. The standard InChI is InChI=1S/C22H28N4O2/c1-16-9-3-4-10-17(16)15-23-21(27)19-18-11-5-8-14-26(18)20(24-19)22(28)25-12-6-2-7-13-25/h3-4,9-10H,2,5-8,11-15H2,1H3,(H,23,27). The van der Waals surface area contributed by atoms with Crippen molar-refractivity contribution in [2.24, 2.45) is 0 Å². The fraction of sp³-hybridized carbons (Fsp3) is 0.500. The minimum Gasteiger partial charge on any atom is -0.347 e. The highest BCUT2D eigenvalue weighted by atomic mass is 16.2. The number of hydrogen-bond donors (Lipinski definition) is 1. The number of imidazole rings is 1. The van der Waals surface area contributed by atoms with E-state index in [2.05, 4.69) is 10.3 Å². The van der Waals surface area contributed by atoms with Gasteiger partial charge in [-0.3, -0.25) is 9.59 Å².